The normalized spacial score (nSPS) is 30.9. The van der Waals surface area contributed by atoms with Crippen molar-refractivity contribution in [2.45, 2.75) is 44.6 Å². The number of rotatable bonds is 3. The van der Waals surface area contributed by atoms with E-state index in [4.69, 9.17) is 5.11 Å². The van der Waals surface area contributed by atoms with Gasteiger partial charge in [-0.2, -0.15) is 0 Å². The highest BCUT2D eigenvalue weighted by molar-refractivity contribution is 5.89. The molecule has 0 bridgehead atoms. The third-order valence-corrected chi connectivity index (χ3v) is 3.40. The second kappa shape index (κ2) is 4.21. The molecule has 2 unspecified atom stereocenters. The summed E-state index contributed by atoms with van der Waals surface area (Å²) in [5, 5.41) is 11.7. The summed E-state index contributed by atoms with van der Waals surface area (Å²) in [6.45, 7) is 0. The lowest BCUT2D eigenvalue weighted by Gasteiger charge is -2.22. The van der Waals surface area contributed by atoms with Crippen molar-refractivity contribution in [2.75, 3.05) is 0 Å². The van der Waals surface area contributed by atoms with Crippen molar-refractivity contribution in [1.29, 1.82) is 0 Å². The van der Waals surface area contributed by atoms with Crippen LogP contribution < -0.4 is 5.32 Å². The average molecular weight is 211 g/mol. The van der Waals surface area contributed by atoms with Gasteiger partial charge in [-0.3, -0.25) is 9.59 Å². The van der Waals surface area contributed by atoms with Crippen molar-refractivity contribution in [3.05, 3.63) is 0 Å². The van der Waals surface area contributed by atoms with Crippen LogP contribution in [0.4, 0.5) is 0 Å². The molecule has 2 fully saturated rings. The first kappa shape index (κ1) is 10.5. The molecule has 2 atom stereocenters. The number of nitrogens with one attached hydrogen (secondary N) is 1. The highest BCUT2D eigenvalue weighted by Gasteiger charge is 2.48. The monoisotopic (exact) mass is 211 g/mol. The fourth-order valence-electron chi connectivity index (χ4n) is 2.31. The first-order chi connectivity index (χ1) is 7.18. The minimum absolute atomic E-state index is 0.0469. The number of hydrogen-bond donors (Lipinski definition) is 2. The Morgan fingerprint density at radius 3 is 2.27 bits per heavy atom. The topological polar surface area (TPSA) is 66.4 Å². The molecule has 0 aliphatic heterocycles. The molecule has 2 rings (SSSR count). The van der Waals surface area contributed by atoms with Crippen LogP contribution in [0.3, 0.4) is 0 Å². The van der Waals surface area contributed by atoms with Gasteiger partial charge in [0.05, 0.1) is 11.8 Å². The predicted octanol–water partition coefficient (Wildman–Crippen LogP) is 1.16. The van der Waals surface area contributed by atoms with Crippen LogP contribution in [0.25, 0.3) is 0 Å². The van der Waals surface area contributed by atoms with E-state index in [1.807, 2.05) is 0 Å². The molecule has 2 aliphatic carbocycles. The zero-order valence-corrected chi connectivity index (χ0v) is 8.74. The number of carbonyl (C=O) groups excluding carboxylic acids is 1. The van der Waals surface area contributed by atoms with E-state index in [0.29, 0.717) is 12.5 Å². The highest BCUT2D eigenvalue weighted by Crippen LogP contribution is 2.39. The number of carboxylic acids is 1. The van der Waals surface area contributed by atoms with Gasteiger partial charge in [-0.1, -0.05) is 19.3 Å². The Hall–Kier alpha value is -1.06. The molecule has 4 heteroatoms. The molecule has 84 valence electrons. The third-order valence-electron chi connectivity index (χ3n) is 3.40. The van der Waals surface area contributed by atoms with Crippen LogP contribution in [0.2, 0.25) is 0 Å². The molecule has 0 aromatic carbocycles. The summed E-state index contributed by atoms with van der Waals surface area (Å²) in [6.07, 6.45) is 6.24. The number of hydrogen-bond acceptors (Lipinski definition) is 2. The molecule has 0 radical (unpaired) electrons. The van der Waals surface area contributed by atoms with Crippen LogP contribution in [-0.4, -0.2) is 23.0 Å². The van der Waals surface area contributed by atoms with Crippen LogP contribution in [0, 0.1) is 11.8 Å². The van der Waals surface area contributed by atoms with Gasteiger partial charge in [0.2, 0.25) is 5.91 Å². The van der Waals surface area contributed by atoms with Gasteiger partial charge in [-0.15, -0.1) is 0 Å². The van der Waals surface area contributed by atoms with Gasteiger partial charge in [0, 0.05) is 6.04 Å². The summed E-state index contributed by atoms with van der Waals surface area (Å²) in [4.78, 5) is 22.2. The number of amides is 1. The van der Waals surface area contributed by atoms with Crippen molar-refractivity contribution < 1.29 is 14.7 Å². The molecule has 1 amide bonds. The van der Waals surface area contributed by atoms with Crippen LogP contribution in [0.1, 0.15) is 38.5 Å². The quantitative estimate of drug-likeness (QED) is 0.736. The van der Waals surface area contributed by atoms with Gasteiger partial charge in [0.15, 0.2) is 0 Å². The fraction of sp³-hybridized carbons (Fsp3) is 0.818. The first-order valence-corrected chi connectivity index (χ1v) is 5.71. The Labute approximate surface area is 89.0 Å². The average Bonchev–Trinajstić information content (AvgIpc) is 2.98. The van der Waals surface area contributed by atoms with E-state index in [-0.39, 0.29) is 11.8 Å². The van der Waals surface area contributed by atoms with Gasteiger partial charge in [-0.25, -0.2) is 0 Å². The molecule has 0 aromatic rings. The molecule has 0 spiro atoms. The largest absolute Gasteiger partial charge is 0.481 e. The van der Waals surface area contributed by atoms with Gasteiger partial charge >= 0.3 is 5.97 Å². The van der Waals surface area contributed by atoms with Crippen LogP contribution in [0.15, 0.2) is 0 Å². The molecule has 0 heterocycles. The Morgan fingerprint density at radius 1 is 1.07 bits per heavy atom. The summed E-state index contributed by atoms with van der Waals surface area (Å²) in [7, 11) is 0. The molecule has 15 heavy (non-hydrogen) atoms. The molecule has 0 saturated heterocycles. The van der Waals surface area contributed by atoms with Crippen molar-refractivity contribution in [2.24, 2.45) is 11.8 Å². The van der Waals surface area contributed by atoms with Crippen molar-refractivity contribution >= 4 is 11.9 Å². The van der Waals surface area contributed by atoms with Gasteiger partial charge in [0.1, 0.15) is 0 Å². The maximum atomic E-state index is 11.6. The minimum atomic E-state index is -0.834. The Morgan fingerprint density at radius 2 is 1.73 bits per heavy atom. The lowest BCUT2D eigenvalue weighted by molar-refractivity contribution is -0.140. The third kappa shape index (κ3) is 2.49. The molecule has 2 saturated carbocycles. The fourth-order valence-corrected chi connectivity index (χ4v) is 2.31. The van der Waals surface area contributed by atoms with E-state index in [1.54, 1.807) is 0 Å². The number of carboxylic acid groups (broad SMARTS) is 1. The molecule has 0 aromatic heterocycles. The lowest BCUT2D eigenvalue weighted by Crippen LogP contribution is -2.37. The molecule has 2 N–H and O–H groups in total. The molecule has 2 aliphatic rings. The maximum absolute atomic E-state index is 11.6. The van der Waals surface area contributed by atoms with Crippen LogP contribution >= 0.6 is 0 Å². The van der Waals surface area contributed by atoms with E-state index in [1.165, 1.54) is 19.3 Å². The minimum Gasteiger partial charge on any atom is -0.481 e. The van der Waals surface area contributed by atoms with Crippen molar-refractivity contribution in [1.82, 2.24) is 5.32 Å². The Kier molecular flexibility index (Phi) is 2.93. The zero-order valence-electron chi connectivity index (χ0n) is 8.74. The summed E-state index contributed by atoms with van der Waals surface area (Å²) >= 11 is 0. The number of aliphatic carboxylic acids is 1. The lowest BCUT2D eigenvalue weighted by atomic mass is 9.95. The smallest absolute Gasteiger partial charge is 0.307 e. The Balaban J connectivity index is 1.75. The van der Waals surface area contributed by atoms with Crippen LogP contribution in [0.5, 0.6) is 0 Å². The standard InChI is InChI=1S/C11H17NO3/c13-10(8-6-9(8)11(14)15)12-7-4-2-1-3-5-7/h7-9H,1-6H2,(H,12,13)(H,14,15). The number of carbonyl (C=O) groups is 2. The molecule has 4 nitrogen and oxygen atoms in total. The van der Waals surface area contributed by atoms with Crippen LogP contribution in [-0.2, 0) is 9.59 Å². The first-order valence-electron chi connectivity index (χ1n) is 5.71. The molecular formula is C11H17NO3. The van der Waals surface area contributed by atoms with Crippen molar-refractivity contribution in [3.8, 4) is 0 Å². The van der Waals surface area contributed by atoms with E-state index in [2.05, 4.69) is 5.32 Å². The molecular weight excluding hydrogens is 194 g/mol. The Bertz CT molecular complexity index is 271. The van der Waals surface area contributed by atoms with E-state index in [0.717, 1.165) is 12.8 Å². The zero-order chi connectivity index (χ0) is 10.8. The van der Waals surface area contributed by atoms with Gasteiger partial charge in [0.25, 0.3) is 0 Å². The summed E-state index contributed by atoms with van der Waals surface area (Å²) in [5.74, 6) is -1.56. The second-order valence-electron chi connectivity index (χ2n) is 4.63. The summed E-state index contributed by atoms with van der Waals surface area (Å²) in [5.41, 5.74) is 0. The van der Waals surface area contributed by atoms with Crippen molar-refractivity contribution in [3.63, 3.8) is 0 Å². The highest BCUT2D eigenvalue weighted by atomic mass is 16.4. The maximum Gasteiger partial charge on any atom is 0.307 e. The summed E-state index contributed by atoms with van der Waals surface area (Å²) < 4.78 is 0. The second-order valence-corrected chi connectivity index (χ2v) is 4.63. The summed E-state index contributed by atoms with van der Waals surface area (Å²) in [6, 6.07) is 0.293. The van der Waals surface area contributed by atoms with E-state index in [9.17, 15) is 9.59 Å². The van der Waals surface area contributed by atoms with E-state index < -0.39 is 11.9 Å². The SMILES string of the molecule is O=C(O)C1CC1C(=O)NC1CCCCC1. The van der Waals surface area contributed by atoms with Gasteiger partial charge in [-0.05, 0) is 19.3 Å². The van der Waals surface area contributed by atoms with E-state index >= 15 is 0 Å². The predicted molar refractivity (Wildman–Crippen MR) is 54.2 cm³/mol. The van der Waals surface area contributed by atoms with Gasteiger partial charge < -0.3 is 10.4 Å².